The van der Waals surface area contributed by atoms with Crippen molar-refractivity contribution in [2.24, 2.45) is 0 Å². The molecule has 2 nitrogen and oxygen atoms in total. The van der Waals surface area contributed by atoms with Crippen LogP contribution in [0.5, 0.6) is 0 Å². The fourth-order valence-corrected chi connectivity index (χ4v) is 2.04. The van der Waals surface area contributed by atoms with Crippen LogP contribution in [0.4, 0.5) is 0 Å². The van der Waals surface area contributed by atoms with Gasteiger partial charge in [0.1, 0.15) is 0 Å². The molecule has 1 heterocycles. The van der Waals surface area contributed by atoms with Gasteiger partial charge in [0.15, 0.2) is 0 Å². The second-order valence-corrected chi connectivity index (χ2v) is 4.78. The smallest absolute Gasteiger partial charge is 0.0632 e. The molecule has 2 aromatic rings. The number of unbranched alkanes of at least 4 members (excludes halogenated alkanes) is 1. The zero-order valence-electron chi connectivity index (χ0n) is 9.14. The van der Waals surface area contributed by atoms with E-state index in [9.17, 15) is 0 Å². The lowest BCUT2D eigenvalue weighted by Crippen LogP contribution is -1.98. The van der Waals surface area contributed by atoms with Gasteiger partial charge in [-0.2, -0.15) is 5.10 Å². The maximum atomic E-state index is 4.23. The van der Waals surface area contributed by atoms with E-state index in [1.807, 2.05) is 17.1 Å². The van der Waals surface area contributed by atoms with Gasteiger partial charge in [0.25, 0.3) is 0 Å². The number of nitrogens with zero attached hydrogens (tertiary/aromatic N) is 2. The summed E-state index contributed by atoms with van der Waals surface area (Å²) in [4.78, 5) is 0. The molecule has 0 bridgehead atoms. The summed E-state index contributed by atoms with van der Waals surface area (Å²) >= 11 is 3.39. The van der Waals surface area contributed by atoms with Crippen molar-refractivity contribution >= 4 is 15.9 Å². The lowest BCUT2D eigenvalue weighted by Gasteiger charge is -2.02. The van der Waals surface area contributed by atoms with Crippen molar-refractivity contribution in [3.8, 4) is 0 Å². The summed E-state index contributed by atoms with van der Waals surface area (Å²) in [5.74, 6) is 0. The standard InChI is InChI=1S/C13H15BrN2/c14-13-10-15-16(11-13)9-5-4-8-12-6-2-1-3-7-12/h1-3,6-7,10-11H,4-5,8-9H2. The maximum Gasteiger partial charge on any atom is 0.0632 e. The summed E-state index contributed by atoms with van der Waals surface area (Å²) in [7, 11) is 0. The van der Waals surface area contributed by atoms with E-state index >= 15 is 0 Å². The van der Waals surface area contributed by atoms with Gasteiger partial charge in [0.05, 0.1) is 10.7 Å². The third-order valence-electron chi connectivity index (χ3n) is 2.55. The largest absolute Gasteiger partial charge is 0.272 e. The summed E-state index contributed by atoms with van der Waals surface area (Å²) in [5.41, 5.74) is 1.42. The molecule has 0 aliphatic carbocycles. The Morgan fingerprint density at radius 1 is 1.12 bits per heavy atom. The molecule has 0 unspecified atom stereocenters. The fourth-order valence-electron chi connectivity index (χ4n) is 1.71. The molecule has 1 aromatic heterocycles. The van der Waals surface area contributed by atoms with Gasteiger partial charge in [-0.3, -0.25) is 4.68 Å². The predicted molar refractivity (Wildman–Crippen MR) is 69.3 cm³/mol. The molecule has 0 saturated heterocycles. The van der Waals surface area contributed by atoms with Crippen molar-refractivity contribution in [2.45, 2.75) is 25.8 Å². The zero-order chi connectivity index (χ0) is 11.2. The first kappa shape index (κ1) is 11.4. The maximum absolute atomic E-state index is 4.23. The van der Waals surface area contributed by atoms with Crippen LogP contribution in [-0.2, 0) is 13.0 Å². The topological polar surface area (TPSA) is 17.8 Å². The Hall–Kier alpha value is -1.09. The molecular weight excluding hydrogens is 264 g/mol. The molecule has 1 aromatic carbocycles. The van der Waals surface area contributed by atoms with E-state index in [-0.39, 0.29) is 0 Å². The lowest BCUT2D eigenvalue weighted by molar-refractivity contribution is 0.557. The van der Waals surface area contributed by atoms with Crippen LogP contribution in [0, 0.1) is 0 Å². The highest BCUT2D eigenvalue weighted by Gasteiger charge is 1.96. The molecule has 0 aliphatic rings. The zero-order valence-corrected chi connectivity index (χ0v) is 10.7. The highest BCUT2D eigenvalue weighted by atomic mass is 79.9. The summed E-state index contributed by atoms with van der Waals surface area (Å²) in [6, 6.07) is 10.6. The van der Waals surface area contributed by atoms with E-state index in [0.29, 0.717) is 0 Å². The first-order valence-corrected chi connectivity index (χ1v) is 6.36. The number of aromatic nitrogens is 2. The Morgan fingerprint density at radius 3 is 2.62 bits per heavy atom. The van der Waals surface area contributed by atoms with Crippen molar-refractivity contribution in [3.63, 3.8) is 0 Å². The van der Waals surface area contributed by atoms with Crippen LogP contribution in [0.2, 0.25) is 0 Å². The van der Waals surface area contributed by atoms with E-state index in [0.717, 1.165) is 17.4 Å². The van der Waals surface area contributed by atoms with Gasteiger partial charge in [0, 0.05) is 12.7 Å². The SMILES string of the molecule is Brc1cnn(CCCCc2ccccc2)c1. The third kappa shape index (κ3) is 3.49. The number of rotatable bonds is 5. The quantitative estimate of drug-likeness (QED) is 0.764. The highest BCUT2D eigenvalue weighted by molar-refractivity contribution is 9.10. The average Bonchev–Trinajstić information content (AvgIpc) is 2.72. The molecule has 0 amide bonds. The number of hydrogen-bond donors (Lipinski definition) is 0. The van der Waals surface area contributed by atoms with Crippen molar-refractivity contribution in [1.29, 1.82) is 0 Å². The highest BCUT2D eigenvalue weighted by Crippen LogP contribution is 2.08. The molecule has 3 heteroatoms. The second-order valence-electron chi connectivity index (χ2n) is 3.86. The first-order valence-electron chi connectivity index (χ1n) is 5.56. The van der Waals surface area contributed by atoms with Crippen LogP contribution in [0.15, 0.2) is 47.2 Å². The van der Waals surface area contributed by atoms with E-state index in [1.54, 1.807) is 0 Å². The molecular formula is C13H15BrN2. The Morgan fingerprint density at radius 2 is 1.94 bits per heavy atom. The molecule has 0 N–H and O–H groups in total. The number of benzene rings is 1. The number of hydrogen-bond acceptors (Lipinski definition) is 1. The van der Waals surface area contributed by atoms with E-state index in [1.165, 1.54) is 18.4 Å². The minimum absolute atomic E-state index is 0.998. The summed E-state index contributed by atoms with van der Waals surface area (Å²) in [5, 5.41) is 4.23. The lowest BCUT2D eigenvalue weighted by atomic mass is 10.1. The third-order valence-corrected chi connectivity index (χ3v) is 2.96. The average molecular weight is 279 g/mol. The van der Waals surface area contributed by atoms with Gasteiger partial charge in [-0.25, -0.2) is 0 Å². The van der Waals surface area contributed by atoms with Gasteiger partial charge in [-0.15, -0.1) is 0 Å². The van der Waals surface area contributed by atoms with Crippen LogP contribution >= 0.6 is 15.9 Å². The molecule has 16 heavy (non-hydrogen) atoms. The minimum Gasteiger partial charge on any atom is -0.272 e. The molecule has 0 radical (unpaired) electrons. The van der Waals surface area contributed by atoms with Crippen LogP contribution in [0.3, 0.4) is 0 Å². The first-order chi connectivity index (χ1) is 7.84. The van der Waals surface area contributed by atoms with Crippen LogP contribution in [-0.4, -0.2) is 9.78 Å². The second kappa shape index (κ2) is 5.85. The Balaban J connectivity index is 1.69. The normalized spacial score (nSPS) is 10.6. The molecule has 0 fully saturated rings. The monoisotopic (exact) mass is 278 g/mol. The van der Waals surface area contributed by atoms with Gasteiger partial charge in [0.2, 0.25) is 0 Å². The molecule has 2 rings (SSSR count). The molecule has 84 valence electrons. The van der Waals surface area contributed by atoms with Gasteiger partial charge in [-0.1, -0.05) is 30.3 Å². The number of aryl methyl sites for hydroxylation is 2. The van der Waals surface area contributed by atoms with E-state index < -0.39 is 0 Å². The van der Waals surface area contributed by atoms with Crippen molar-refractivity contribution in [1.82, 2.24) is 9.78 Å². The fraction of sp³-hybridized carbons (Fsp3) is 0.308. The molecule has 0 aliphatic heterocycles. The number of halogens is 1. The van der Waals surface area contributed by atoms with E-state index in [4.69, 9.17) is 0 Å². The van der Waals surface area contributed by atoms with Gasteiger partial charge < -0.3 is 0 Å². The van der Waals surface area contributed by atoms with Crippen molar-refractivity contribution in [2.75, 3.05) is 0 Å². The summed E-state index contributed by atoms with van der Waals surface area (Å²) < 4.78 is 3.03. The Bertz CT molecular complexity index is 423. The van der Waals surface area contributed by atoms with Crippen LogP contribution < -0.4 is 0 Å². The van der Waals surface area contributed by atoms with Crippen LogP contribution in [0.1, 0.15) is 18.4 Å². The molecule has 0 saturated carbocycles. The van der Waals surface area contributed by atoms with Crippen molar-refractivity contribution < 1.29 is 0 Å². The van der Waals surface area contributed by atoms with Crippen molar-refractivity contribution in [3.05, 3.63) is 52.8 Å². The summed E-state index contributed by atoms with van der Waals surface area (Å²) in [6.07, 6.45) is 7.38. The minimum atomic E-state index is 0.998. The summed E-state index contributed by atoms with van der Waals surface area (Å²) in [6.45, 7) is 0.998. The van der Waals surface area contributed by atoms with E-state index in [2.05, 4.69) is 51.4 Å². The molecule has 0 spiro atoms. The Labute approximate surface area is 104 Å². The van der Waals surface area contributed by atoms with Crippen LogP contribution in [0.25, 0.3) is 0 Å². The predicted octanol–water partition coefficient (Wildman–Crippen LogP) is 3.67. The van der Waals surface area contributed by atoms with Gasteiger partial charge in [-0.05, 0) is 40.8 Å². The molecule has 0 atom stereocenters. The Kier molecular flexibility index (Phi) is 4.17. The van der Waals surface area contributed by atoms with Gasteiger partial charge >= 0.3 is 0 Å².